The lowest BCUT2D eigenvalue weighted by Gasteiger charge is -2.35. The SMILES string of the molecule is CCc1ccccc1CC(=O)N1CCc2ccccc2C1C(=O)O. The van der Waals surface area contributed by atoms with E-state index in [0.29, 0.717) is 13.0 Å². The summed E-state index contributed by atoms with van der Waals surface area (Å²) >= 11 is 0. The molecule has 1 heterocycles. The van der Waals surface area contributed by atoms with Gasteiger partial charge in [-0.05, 0) is 35.1 Å². The molecule has 2 aromatic carbocycles. The minimum Gasteiger partial charge on any atom is -0.479 e. The Morgan fingerprint density at radius 1 is 1.08 bits per heavy atom. The molecule has 2 aromatic rings. The highest BCUT2D eigenvalue weighted by Gasteiger charge is 2.35. The van der Waals surface area contributed by atoms with Crippen LogP contribution in [0.2, 0.25) is 0 Å². The summed E-state index contributed by atoms with van der Waals surface area (Å²) in [5, 5.41) is 9.68. The number of carbonyl (C=O) groups is 2. The fourth-order valence-electron chi connectivity index (χ4n) is 3.44. The van der Waals surface area contributed by atoms with Gasteiger partial charge in [-0.15, -0.1) is 0 Å². The van der Waals surface area contributed by atoms with Crippen LogP contribution in [0.3, 0.4) is 0 Å². The van der Waals surface area contributed by atoms with Crippen molar-refractivity contribution in [3.8, 4) is 0 Å². The summed E-state index contributed by atoms with van der Waals surface area (Å²) in [5.41, 5.74) is 3.86. The van der Waals surface area contributed by atoms with E-state index in [1.54, 1.807) is 0 Å². The van der Waals surface area contributed by atoms with Gasteiger partial charge in [0.1, 0.15) is 0 Å². The van der Waals surface area contributed by atoms with Crippen LogP contribution in [-0.4, -0.2) is 28.4 Å². The second-order valence-electron chi connectivity index (χ2n) is 6.08. The zero-order chi connectivity index (χ0) is 17.1. The highest BCUT2D eigenvalue weighted by atomic mass is 16.4. The van der Waals surface area contributed by atoms with Crippen LogP contribution in [0.25, 0.3) is 0 Å². The van der Waals surface area contributed by atoms with Gasteiger partial charge in [0.15, 0.2) is 6.04 Å². The van der Waals surface area contributed by atoms with Crippen molar-refractivity contribution >= 4 is 11.9 Å². The summed E-state index contributed by atoms with van der Waals surface area (Å²) in [4.78, 5) is 26.1. The fraction of sp³-hybridized carbons (Fsp3) is 0.300. The zero-order valence-electron chi connectivity index (χ0n) is 13.7. The van der Waals surface area contributed by atoms with Gasteiger partial charge in [-0.3, -0.25) is 4.79 Å². The van der Waals surface area contributed by atoms with E-state index in [4.69, 9.17) is 0 Å². The predicted molar refractivity (Wildman–Crippen MR) is 91.8 cm³/mol. The first-order chi connectivity index (χ1) is 11.6. The number of hydrogen-bond acceptors (Lipinski definition) is 2. The van der Waals surface area contributed by atoms with E-state index in [2.05, 4.69) is 6.92 Å². The molecule has 124 valence electrons. The van der Waals surface area contributed by atoms with Crippen molar-refractivity contribution in [2.75, 3.05) is 6.54 Å². The number of carbonyl (C=O) groups excluding carboxylic acids is 1. The van der Waals surface area contributed by atoms with E-state index < -0.39 is 12.0 Å². The highest BCUT2D eigenvalue weighted by Crippen LogP contribution is 2.30. The minimum absolute atomic E-state index is 0.127. The Balaban J connectivity index is 1.88. The number of nitrogens with zero attached hydrogens (tertiary/aromatic N) is 1. The summed E-state index contributed by atoms with van der Waals surface area (Å²) in [5.74, 6) is -1.10. The molecule has 0 fully saturated rings. The van der Waals surface area contributed by atoms with E-state index >= 15 is 0 Å². The van der Waals surface area contributed by atoms with Crippen LogP contribution >= 0.6 is 0 Å². The van der Waals surface area contributed by atoms with Gasteiger partial charge in [-0.1, -0.05) is 55.5 Å². The molecule has 4 nitrogen and oxygen atoms in total. The van der Waals surface area contributed by atoms with E-state index in [1.165, 1.54) is 4.90 Å². The largest absolute Gasteiger partial charge is 0.479 e. The first kappa shape index (κ1) is 16.2. The van der Waals surface area contributed by atoms with Crippen molar-refractivity contribution in [2.45, 2.75) is 32.2 Å². The molecular weight excluding hydrogens is 302 g/mol. The number of aliphatic carboxylic acids is 1. The minimum atomic E-state index is -0.973. The van der Waals surface area contributed by atoms with Gasteiger partial charge in [-0.2, -0.15) is 0 Å². The Morgan fingerprint density at radius 3 is 2.46 bits per heavy atom. The number of carboxylic acids is 1. The summed E-state index contributed by atoms with van der Waals surface area (Å²) in [6.45, 7) is 2.50. The van der Waals surface area contributed by atoms with E-state index in [1.807, 2.05) is 48.5 Å². The molecule has 0 spiro atoms. The smallest absolute Gasteiger partial charge is 0.331 e. The molecule has 4 heteroatoms. The number of rotatable bonds is 4. The molecule has 0 aromatic heterocycles. The van der Waals surface area contributed by atoms with Crippen LogP contribution in [0.4, 0.5) is 0 Å². The maximum absolute atomic E-state index is 12.8. The molecule has 3 rings (SSSR count). The molecule has 1 N–H and O–H groups in total. The molecule has 0 saturated heterocycles. The second-order valence-corrected chi connectivity index (χ2v) is 6.08. The Kier molecular flexibility index (Phi) is 4.65. The standard InChI is InChI=1S/C20H21NO3/c1-2-14-7-3-4-9-16(14)13-18(22)21-12-11-15-8-5-6-10-17(15)19(21)20(23)24/h3-10,19H,2,11-13H2,1H3,(H,23,24). The van der Waals surface area contributed by atoms with Gasteiger partial charge >= 0.3 is 5.97 Å². The number of amides is 1. The molecule has 0 aliphatic carbocycles. The van der Waals surface area contributed by atoms with Crippen LogP contribution < -0.4 is 0 Å². The lowest BCUT2D eigenvalue weighted by atomic mass is 9.91. The topological polar surface area (TPSA) is 57.6 Å². The Morgan fingerprint density at radius 2 is 1.75 bits per heavy atom. The number of hydrogen-bond donors (Lipinski definition) is 1. The van der Waals surface area contributed by atoms with Gasteiger partial charge in [0.05, 0.1) is 6.42 Å². The van der Waals surface area contributed by atoms with Crippen LogP contribution in [0, 0.1) is 0 Å². The first-order valence-corrected chi connectivity index (χ1v) is 8.28. The Bertz CT molecular complexity index is 769. The van der Waals surface area contributed by atoms with E-state index in [0.717, 1.165) is 28.7 Å². The lowest BCUT2D eigenvalue weighted by molar-refractivity contribution is -0.151. The molecule has 1 aliphatic heterocycles. The number of carboxylic acid groups (broad SMARTS) is 1. The summed E-state index contributed by atoms with van der Waals surface area (Å²) in [6.07, 6.45) is 1.80. The predicted octanol–water partition coefficient (Wildman–Crippen LogP) is 3.00. The van der Waals surface area contributed by atoms with E-state index in [9.17, 15) is 14.7 Å². The normalized spacial score (nSPS) is 16.5. The maximum Gasteiger partial charge on any atom is 0.331 e. The summed E-state index contributed by atoms with van der Waals surface area (Å²) in [6, 6.07) is 14.4. The highest BCUT2D eigenvalue weighted by molar-refractivity contribution is 5.87. The van der Waals surface area contributed by atoms with Crippen molar-refractivity contribution in [2.24, 2.45) is 0 Å². The maximum atomic E-state index is 12.8. The molecule has 1 unspecified atom stereocenters. The van der Waals surface area contributed by atoms with Gasteiger partial charge in [0, 0.05) is 6.54 Å². The average Bonchev–Trinajstić information content (AvgIpc) is 2.60. The summed E-state index contributed by atoms with van der Waals surface area (Å²) < 4.78 is 0. The zero-order valence-corrected chi connectivity index (χ0v) is 13.7. The van der Waals surface area contributed by atoms with Crippen molar-refractivity contribution in [3.05, 3.63) is 70.8 Å². The molecule has 0 saturated carbocycles. The lowest BCUT2D eigenvalue weighted by Crippen LogP contribution is -2.44. The van der Waals surface area contributed by atoms with Gasteiger partial charge < -0.3 is 10.0 Å². The summed E-state index contributed by atoms with van der Waals surface area (Å²) in [7, 11) is 0. The number of benzene rings is 2. The third-order valence-corrected chi connectivity index (χ3v) is 4.68. The Hall–Kier alpha value is -2.62. The van der Waals surface area contributed by atoms with Crippen LogP contribution in [0.1, 0.15) is 35.2 Å². The molecule has 1 amide bonds. The molecule has 1 aliphatic rings. The second kappa shape index (κ2) is 6.87. The molecule has 1 atom stereocenters. The number of fused-ring (bicyclic) bond motifs is 1. The van der Waals surface area contributed by atoms with Crippen molar-refractivity contribution in [1.29, 1.82) is 0 Å². The van der Waals surface area contributed by atoms with Gasteiger partial charge in [0.25, 0.3) is 0 Å². The van der Waals surface area contributed by atoms with Gasteiger partial charge in [0.2, 0.25) is 5.91 Å². The third-order valence-electron chi connectivity index (χ3n) is 4.68. The van der Waals surface area contributed by atoms with Crippen molar-refractivity contribution < 1.29 is 14.7 Å². The average molecular weight is 323 g/mol. The van der Waals surface area contributed by atoms with Crippen LogP contribution in [-0.2, 0) is 28.9 Å². The van der Waals surface area contributed by atoms with Crippen LogP contribution in [0.15, 0.2) is 48.5 Å². The molecule has 0 radical (unpaired) electrons. The quantitative estimate of drug-likeness (QED) is 0.941. The number of aryl methyl sites for hydroxylation is 1. The molecular formula is C20H21NO3. The molecule has 24 heavy (non-hydrogen) atoms. The fourth-order valence-corrected chi connectivity index (χ4v) is 3.44. The third kappa shape index (κ3) is 3.04. The van der Waals surface area contributed by atoms with Crippen LogP contribution in [0.5, 0.6) is 0 Å². The van der Waals surface area contributed by atoms with E-state index in [-0.39, 0.29) is 12.3 Å². The Labute approximate surface area is 141 Å². The van der Waals surface area contributed by atoms with Crippen molar-refractivity contribution in [3.63, 3.8) is 0 Å². The molecule has 0 bridgehead atoms. The van der Waals surface area contributed by atoms with Crippen molar-refractivity contribution in [1.82, 2.24) is 4.90 Å². The monoisotopic (exact) mass is 323 g/mol. The van der Waals surface area contributed by atoms with Gasteiger partial charge in [-0.25, -0.2) is 4.79 Å². The first-order valence-electron chi connectivity index (χ1n) is 8.28.